The van der Waals surface area contributed by atoms with Crippen molar-refractivity contribution in [2.24, 2.45) is 11.8 Å². The average Bonchev–Trinajstić information content (AvgIpc) is 2.90. The van der Waals surface area contributed by atoms with Crippen molar-refractivity contribution in [2.45, 2.75) is 53.4 Å². The molecular weight excluding hydrogens is 302 g/mol. The zero-order chi connectivity index (χ0) is 13.4. The smallest absolute Gasteiger partial charge is 1.00 e. The second-order valence-corrected chi connectivity index (χ2v) is 5.81. The number of hydrogen-bond donors (Lipinski definition) is 0. The molecule has 0 fully saturated rings. The van der Waals surface area contributed by atoms with E-state index in [2.05, 4.69) is 64.2 Å². The van der Waals surface area contributed by atoms with Gasteiger partial charge in [0, 0.05) is 0 Å². The predicted octanol–water partition coefficient (Wildman–Crippen LogP) is -0.551. The van der Waals surface area contributed by atoms with Crippen molar-refractivity contribution < 1.29 is 31.1 Å². The van der Waals surface area contributed by atoms with Gasteiger partial charge in [-0.2, -0.15) is 12.2 Å². The van der Waals surface area contributed by atoms with Crippen molar-refractivity contribution in [1.29, 1.82) is 0 Å². The van der Waals surface area contributed by atoms with Crippen LogP contribution in [-0.4, -0.2) is 0 Å². The third-order valence-electron chi connectivity index (χ3n) is 2.79. The van der Waals surface area contributed by atoms with Crippen molar-refractivity contribution in [3.63, 3.8) is 0 Å². The first-order chi connectivity index (χ1) is 8.58. The Bertz CT molecular complexity index is 327. The van der Waals surface area contributed by atoms with E-state index in [4.69, 9.17) is 0 Å². The first-order valence-corrected chi connectivity index (χ1v) is 7.10. The molecule has 0 aliphatic heterocycles. The number of hydrogen-bond acceptors (Lipinski definition) is 0. The Morgan fingerprint density at radius 1 is 0.810 bits per heavy atom. The molecule has 0 saturated carbocycles. The molecule has 0 bridgehead atoms. The van der Waals surface area contributed by atoms with Crippen molar-refractivity contribution in [3.05, 3.63) is 47.6 Å². The molecule has 0 amide bonds. The first kappa shape index (κ1) is 25.5. The molecule has 2 aliphatic carbocycles. The van der Waals surface area contributed by atoms with E-state index in [-0.39, 0.29) is 31.1 Å². The molecule has 0 heterocycles. The maximum absolute atomic E-state index is 3.29. The Morgan fingerprint density at radius 2 is 1.14 bits per heavy atom. The van der Waals surface area contributed by atoms with Gasteiger partial charge in [0.1, 0.15) is 0 Å². The molecule has 2 rings (SSSR count). The zero-order valence-electron chi connectivity index (χ0n) is 13.5. The molecule has 3 heteroatoms. The minimum atomic E-state index is 0. The van der Waals surface area contributed by atoms with Gasteiger partial charge in [-0.15, -0.1) is 12.8 Å². The van der Waals surface area contributed by atoms with Gasteiger partial charge in [0.25, 0.3) is 0 Å². The van der Waals surface area contributed by atoms with Crippen LogP contribution >= 0.6 is 0 Å². The number of allylic oxidation sites excluding steroid dienone is 8. The maximum atomic E-state index is 3.29. The molecule has 0 saturated heterocycles. The summed E-state index contributed by atoms with van der Waals surface area (Å²) in [6.07, 6.45) is 19.7. The van der Waals surface area contributed by atoms with E-state index < -0.39 is 0 Å². The summed E-state index contributed by atoms with van der Waals surface area (Å²) in [6.45, 7) is 8.95. The summed E-state index contributed by atoms with van der Waals surface area (Å²) < 4.78 is 0. The Kier molecular flexibility index (Phi) is 17.6. The first-order valence-electron chi connectivity index (χ1n) is 7.10. The van der Waals surface area contributed by atoms with Crippen LogP contribution in [0, 0.1) is 24.0 Å². The van der Waals surface area contributed by atoms with Gasteiger partial charge in [0.05, 0.1) is 0 Å². The molecule has 0 unspecified atom stereocenters. The van der Waals surface area contributed by atoms with Gasteiger partial charge in [0.15, 0.2) is 0 Å². The fourth-order valence-electron chi connectivity index (χ4n) is 2.06. The topological polar surface area (TPSA) is 0 Å². The summed E-state index contributed by atoms with van der Waals surface area (Å²) in [5.41, 5.74) is 2.79. The largest absolute Gasteiger partial charge is 4.00 e. The fraction of sp³-hybridized carbons (Fsp3) is 0.556. The Balaban J connectivity index is -0.000000270. The number of halogens is 2. The molecule has 0 atom stereocenters. The molecule has 0 aromatic heterocycles. The van der Waals surface area contributed by atoms with Gasteiger partial charge in [-0.05, 0) is 11.8 Å². The molecule has 0 aromatic rings. The van der Waals surface area contributed by atoms with Gasteiger partial charge in [-0.25, -0.2) is 23.3 Å². The fourth-order valence-corrected chi connectivity index (χ4v) is 2.06. The molecule has 21 heavy (non-hydrogen) atoms. The van der Waals surface area contributed by atoms with Gasteiger partial charge in [-0.3, -0.25) is 12.2 Å². The van der Waals surface area contributed by atoms with E-state index in [1.165, 1.54) is 24.0 Å². The summed E-state index contributed by atoms with van der Waals surface area (Å²) in [5.74, 6) is 1.55. The second-order valence-electron chi connectivity index (χ2n) is 5.81. The van der Waals surface area contributed by atoms with Gasteiger partial charge in [-0.1, -0.05) is 40.5 Å². The van der Waals surface area contributed by atoms with Crippen LogP contribution in [0.5, 0.6) is 0 Å². The van der Waals surface area contributed by atoms with Crippen LogP contribution in [0.4, 0.5) is 0 Å². The Labute approximate surface area is 144 Å². The van der Waals surface area contributed by atoms with Crippen molar-refractivity contribution in [2.75, 3.05) is 0 Å². The van der Waals surface area contributed by atoms with Crippen LogP contribution < -0.4 is 9.41 Å². The maximum Gasteiger partial charge on any atom is 4.00 e. The van der Waals surface area contributed by atoms with Gasteiger partial charge >= 0.3 is 21.7 Å². The molecule has 0 radical (unpaired) electrons. The zero-order valence-corrected chi connectivity index (χ0v) is 15.1. The molecule has 0 aromatic carbocycles. The minimum absolute atomic E-state index is 0. The minimum Gasteiger partial charge on any atom is -1.00 e. The van der Waals surface area contributed by atoms with Crippen LogP contribution in [0.3, 0.4) is 0 Å². The molecule has 0 nitrogen and oxygen atoms in total. The molecule has 0 N–H and O–H groups in total. The van der Waals surface area contributed by atoms with E-state index in [1.807, 2.05) is 0 Å². The third-order valence-corrected chi connectivity index (χ3v) is 2.79. The van der Waals surface area contributed by atoms with Crippen LogP contribution in [0.15, 0.2) is 35.5 Å². The Morgan fingerprint density at radius 3 is 1.33 bits per heavy atom. The van der Waals surface area contributed by atoms with Gasteiger partial charge < -0.3 is 9.41 Å². The van der Waals surface area contributed by atoms with E-state index in [0.717, 1.165) is 24.7 Å². The van der Waals surface area contributed by atoms with Gasteiger partial charge in [0.2, 0.25) is 0 Å². The van der Waals surface area contributed by atoms with E-state index >= 15 is 0 Å². The molecular formula is C18H26F2Ti. The molecule has 2 aliphatic rings. The predicted molar refractivity (Wildman–Crippen MR) is 79.9 cm³/mol. The summed E-state index contributed by atoms with van der Waals surface area (Å²) in [4.78, 5) is 0. The number of rotatable bonds is 4. The monoisotopic (exact) mass is 328 g/mol. The normalized spacial score (nSPS) is 14.6. The van der Waals surface area contributed by atoms with Crippen molar-refractivity contribution in [3.8, 4) is 0 Å². The Hall–Kier alpha value is -0.466. The van der Waals surface area contributed by atoms with Crippen LogP contribution in [0.1, 0.15) is 53.4 Å². The second kappa shape index (κ2) is 14.5. The van der Waals surface area contributed by atoms with E-state index in [9.17, 15) is 0 Å². The average molecular weight is 328 g/mol. The van der Waals surface area contributed by atoms with E-state index in [1.54, 1.807) is 0 Å². The van der Waals surface area contributed by atoms with E-state index in [0.29, 0.717) is 0 Å². The van der Waals surface area contributed by atoms with Crippen LogP contribution in [0.2, 0.25) is 0 Å². The summed E-state index contributed by atoms with van der Waals surface area (Å²) >= 11 is 0. The van der Waals surface area contributed by atoms with Crippen molar-refractivity contribution in [1.82, 2.24) is 0 Å². The van der Waals surface area contributed by atoms with Crippen molar-refractivity contribution >= 4 is 0 Å². The molecule has 0 spiro atoms. The summed E-state index contributed by atoms with van der Waals surface area (Å²) in [5, 5.41) is 0. The standard InChI is InChI=1S/2C9H13.2FH.Ti/c2*1-8(2)7-9-5-3-4-6-9;;;/h2*3,5,8H,4,7H2,1-2H3;2*1H;/q2*-1;;;+4/p-2. The summed E-state index contributed by atoms with van der Waals surface area (Å²) in [7, 11) is 0. The van der Waals surface area contributed by atoms with Crippen LogP contribution in [0.25, 0.3) is 0 Å². The SMILES string of the molecule is CC(C)CC1=[C-]CC=C1.CC(C)CC1=[C-]CC=C1.[F-].[F-].[Ti+4]. The third kappa shape index (κ3) is 13.0. The summed E-state index contributed by atoms with van der Waals surface area (Å²) in [6, 6.07) is 0. The molecule has 116 valence electrons. The quantitative estimate of drug-likeness (QED) is 0.480. The van der Waals surface area contributed by atoms with Crippen LogP contribution in [-0.2, 0) is 21.7 Å².